The predicted molar refractivity (Wildman–Crippen MR) is 61.3 cm³/mol. The van der Waals surface area contributed by atoms with Gasteiger partial charge in [-0.05, 0) is 17.7 Å². The van der Waals surface area contributed by atoms with Crippen molar-refractivity contribution in [3.8, 4) is 11.3 Å². The molecule has 2 nitrogen and oxygen atoms in total. The number of hydrogen-bond acceptors (Lipinski definition) is 2. The summed E-state index contributed by atoms with van der Waals surface area (Å²) in [7, 11) is 0. The average molecular weight is 199 g/mol. The molecule has 0 saturated heterocycles. The molecule has 0 saturated carbocycles. The number of benzene rings is 1. The van der Waals surface area contributed by atoms with E-state index in [1.165, 1.54) is 0 Å². The maximum atomic E-state index is 5.94. The molecule has 0 radical (unpaired) electrons. The van der Waals surface area contributed by atoms with Crippen LogP contribution in [0.5, 0.6) is 0 Å². The monoisotopic (exact) mass is 199 g/mol. The van der Waals surface area contributed by atoms with Gasteiger partial charge in [-0.2, -0.15) is 0 Å². The largest absolute Gasteiger partial charge is 0.464 e. The minimum absolute atomic E-state index is 0.161. The molecule has 0 bridgehead atoms. The highest BCUT2D eigenvalue weighted by Gasteiger charge is 2.10. The number of hydrogen-bond donors (Lipinski definition) is 1. The van der Waals surface area contributed by atoms with E-state index in [-0.39, 0.29) is 6.04 Å². The minimum atomic E-state index is -0.161. The lowest BCUT2D eigenvalue weighted by molar-refractivity contribution is 0.581. The topological polar surface area (TPSA) is 39.2 Å². The fourth-order valence-electron chi connectivity index (χ4n) is 1.57. The van der Waals surface area contributed by atoms with Crippen LogP contribution in [0.2, 0.25) is 0 Å². The Hall–Kier alpha value is -1.80. The third-order valence-electron chi connectivity index (χ3n) is 2.36. The summed E-state index contributed by atoms with van der Waals surface area (Å²) in [5.41, 5.74) is 7.99. The Morgan fingerprint density at radius 3 is 2.67 bits per heavy atom. The van der Waals surface area contributed by atoms with E-state index < -0.39 is 0 Å². The van der Waals surface area contributed by atoms with Crippen LogP contribution in [0.3, 0.4) is 0 Å². The van der Waals surface area contributed by atoms with Crippen molar-refractivity contribution in [1.29, 1.82) is 0 Å². The van der Waals surface area contributed by atoms with Gasteiger partial charge in [0.1, 0.15) is 5.76 Å². The van der Waals surface area contributed by atoms with Gasteiger partial charge in [0.2, 0.25) is 0 Å². The lowest BCUT2D eigenvalue weighted by Crippen LogP contribution is -2.07. The molecule has 1 heterocycles. The highest BCUT2D eigenvalue weighted by molar-refractivity contribution is 5.63. The van der Waals surface area contributed by atoms with E-state index in [1.54, 1.807) is 12.3 Å². The maximum absolute atomic E-state index is 5.94. The first-order valence-corrected chi connectivity index (χ1v) is 4.84. The molecule has 2 aromatic rings. The number of nitrogens with two attached hydrogens (primary N) is 1. The SMILES string of the molecule is C=C[C@H](N)c1ccccc1-c1ccco1. The molecule has 1 atom stereocenters. The van der Waals surface area contributed by atoms with Crippen molar-refractivity contribution in [1.82, 2.24) is 0 Å². The molecule has 0 unspecified atom stereocenters. The first kappa shape index (κ1) is 9.74. The summed E-state index contributed by atoms with van der Waals surface area (Å²) in [6.07, 6.45) is 3.38. The van der Waals surface area contributed by atoms with Crippen LogP contribution in [0.1, 0.15) is 11.6 Å². The fourth-order valence-corrected chi connectivity index (χ4v) is 1.57. The molecule has 1 aromatic heterocycles. The summed E-state index contributed by atoms with van der Waals surface area (Å²) in [5.74, 6) is 0.836. The molecule has 15 heavy (non-hydrogen) atoms. The van der Waals surface area contributed by atoms with E-state index >= 15 is 0 Å². The third-order valence-corrected chi connectivity index (χ3v) is 2.36. The first-order valence-electron chi connectivity index (χ1n) is 4.84. The lowest BCUT2D eigenvalue weighted by atomic mass is 9.99. The van der Waals surface area contributed by atoms with Crippen LogP contribution >= 0.6 is 0 Å². The number of furan rings is 1. The smallest absolute Gasteiger partial charge is 0.134 e. The predicted octanol–water partition coefficient (Wildman–Crippen LogP) is 3.13. The third kappa shape index (κ3) is 1.85. The second-order valence-electron chi connectivity index (χ2n) is 3.33. The molecule has 2 rings (SSSR count). The normalized spacial score (nSPS) is 12.3. The van der Waals surface area contributed by atoms with Crippen LogP contribution in [0, 0.1) is 0 Å². The Kier molecular flexibility index (Phi) is 2.70. The lowest BCUT2D eigenvalue weighted by Gasteiger charge is -2.10. The van der Waals surface area contributed by atoms with Crippen LogP contribution in [0.4, 0.5) is 0 Å². The maximum Gasteiger partial charge on any atom is 0.134 e. The second-order valence-corrected chi connectivity index (χ2v) is 3.33. The van der Waals surface area contributed by atoms with Crippen molar-refractivity contribution < 1.29 is 4.42 Å². The summed E-state index contributed by atoms with van der Waals surface area (Å²) in [4.78, 5) is 0. The molecule has 0 aliphatic carbocycles. The zero-order valence-corrected chi connectivity index (χ0v) is 8.39. The van der Waals surface area contributed by atoms with Gasteiger partial charge in [-0.3, -0.25) is 0 Å². The molecule has 2 heteroatoms. The molecular weight excluding hydrogens is 186 g/mol. The summed E-state index contributed by atoms with van der Waals surface area (Å²) < 4.78 is 5.37. The Bertz CT molecular complexity index is 445. The van der Waals surface area contributed by atoms with Gasteiger partial charge in [0.25, 0.3) is 0 Å². The van der Waals surface area contributed by atoms with Gasteiger partial charge in [0.15, 0.2) is 0 Å². The van der Waals surface area contributed by atoms with Crippen LogP contribution < -0.4 is 5.73 Å². The Labute approximate surface area is 89.0 Å². The van der Waals surface area contributed by atoms with E-state index in [9.17, 15) is 0 Å². The van der Waals surface area contributed by atoms with E-state index in [1.807, 2.05) is 36.4 Å². The standard InChI is InChI=1S/C13H13NO/c1-2-12(14)10-6-3-4-7-11(10)13-8-5-9-15-13/h2-9,12H,1,14H2/t12-/m0/s1. The van der Waals surface area contributed by atoms with Gasteiger partial charge in [0.05, 0.1) is 6.26 Å². The molecule has 0 aliphatic rings. The fraction of sp³-hybridized carbons (Fsp3) is 0.0769. The Balaban J connectivity index is 2.52. The average Bonchev–Trinajstić information content (AvgIpc) is 2.81. The van der Waals surface area contributed by atoms with E-state index in [4.69, 9.17) is 10.2 Å². The van der Waals surface area contributed by atoms with E-state index in [0.717, 1.165) is 16.9 Å². The second kappa shape index (κ2) is 4.15. The van der Waals surface area contributed by atoms with Crippen LogP contribution in [-0.2, 0) is 0 Å². The van der Waals surface area contributed by atoms with Crippen molar-refractivity contribution in [3.05, 3.63) is 60.9 Å². The molecule has 0 aliphatic heterocycles. The highest BCUT2D eigenvalue weighted by atomic mass is 16.3. The van der Waals surface area contributed by atoms with Gasteiger partial charge >= 0.3 is 0 Å². The van der Waals surface area contributed by atoms with Crippen LogP contribution in [0.25, 0.3) is 11.3 Å². The molecule has 76 valence electrons. The molecule has 1 aromatic carbocycles. The van der Waals surface area contributed by atoms with Gasteiger partial charge < -0.3 is 10.2 Å². The van der Waals surface area contributed by atoms with E-state index in [2.05, 4.69) is 6.58 Å². The molecule has 0 spiro atoms. The zero-order valence-electron chi connectivity index (χ0n) is 8.39. The Morgan fingerprint density at radius 2 is 2.00 bits per heavy atom. The molecule has 2 N–H and O–H groups in total. The molecular formula is C13H13NO. The van der Waals surface area contributed by atoms with Gasteiger partial charge in [-0.25, -0.2) is 0 Å². The van der Waals surface area contributed by atoms with Crippen molar-refractivity contribution >= 4 is 0 Å². The van der Waals surface area contributed by atoms with Crippen LogP contribution in [-0.4, -0.2) is 0 Å². The molecule has 0 fully saturated rings. The quantitative estimate of drug-likeness (QED) is 0.771. The summed E-state index contributed by atoms with van der Waals surface area (Å²) in [5, 5.41) is 0. The summed E-state index contributed by atoms with van der Waals surface area (Å²) >= 11 is 0. The van der Waals surface area contributed by atoms with Crippen molar-refractivity contribution in [2.24, 2.45) is 5.73 Å². The van der Waals surface area contributed by atoms with Gasteiger partial charge in [-0.15, -0.1) is 6.58 Å². The van der Waals surface area contributed by atoms with Gasteiger partial charge in [0, 0.05) is 11.6 Å². The van der Waals surface area contributed by atoms with Crippen molar-refractivity contribution in [3.63, 3.8) is 0 Å². The van der Waals surface area contributed by atoms with Crippen molar-refractivity contribution in [2.75, 3.05) is 0 Å². The van der Waals surface area contributed by atoms with Crippen molar-refractivity contribution in [2.45, 2.75) is 6.04 Å². The zero-order chi connectivity index (χ0) is 10.7. The first-order chi connectivity index (χ1) is 7.33. The minimum Gasteiger partial charge on any atom is -0.464 e. The number of rotatable bonds is 3. The van der Waals surface area contributed by atoms with Gasteiger partial charge in [-0.1, -0.05) is 30.3 Å². The molecule has 0 amide bonds. The highest BCUT2D eigenvalue weighted by Crippen LogP contribution is 2.27. The van der Waals surface area contributed by atoms with E-state index in [0.29, 0.717) is 0 Å². The van der Waals surface area contributed by atoms with Crippen LogP contribution in [0.15, 0.2) is 59.7 Å². The summed E-state index contributed by atoms with van der Waals surface area (Å²) in [6, 6.07) is 11.6. The Morgan fingerprint density at radius 1 is 1.20 bits per heavy atom. The summed E-state index contributed by atoms with van der Waals surface area (Å²) in [6.45, 7) is 3.70.